The highest BCUT2D eigenvalue weighted by atomic mass is 15.2. The number of imidazole rings is 1. The van der Waals surface area contributed by atoms with E-state index in [-0.39, 0.29) is 0 Å². The number of nitrogens with zero attached hydrogens (tertiary/aromatic N) is 17. The van der Waals surface area contributed by atoms with E-state index in [4.69, 9.17) is 54.8 Å². The van der Waals surface area contributed by atoms with E-state index in [9.17, 15) is 0 Å². The first-order valence-electron chi connectivity index (χ1n) is 45.7. The van der Waals surface area contributed by atoms with Crippen LogP contribution in [0.25, 0.3) is 196 Å². The van der Waals surface area contributed by atoms with Gasteiger partial charge in [0.05, 0.1) is 68.0 Å². The van der Waals surface area contributed by atoms with Crippen LogP contribution < -0.4 is 14.7 Å². The lowest BCUT2D eigenvalue weighted by molar-refractivity contribution is 1.07. The molecule has 138 heavy (non-hydrogen) atoms. The molecular weight excluding hydrogens is 1690 g/mol. The van der Waals surface area contributed by atoms with Crippen molar-refractivity contribution in [3.8, 4) is 153 Å². The summed E-state index contributed by atoms with van der Waals surface area (Å²) in [7, 11) is 0. The summed E-state index contributed by atoms with van der Waals surface area (Å²) in [5, 5.41) is 5.73. The summed E-state index contributed by atoms with van der Waals surface area (Å²) < 4.78 is 2.24. The van der Waals surface area contributed by atoms with Gasteiger partial charge >= 0.3 is 0 Å². The minimum atomic E-state index is 0.617. The van der Waals surface area contributed by atoms with Crippen molar-refractivity contribution in [3.05, 3.63) is 468 Å². The first-order chi connectivity index (χ1) is 68.4. The average molecular weight is 1770 g/mol. The molecule has 0 saturated heterocycles. The molecule has 0 aliphatic carbocycles. The van der Waals surface area contributed by atoms with Crippen LogP contribution in [-0.2, 0) is 0 Å². The molecule has 0 spiro atoms. The smallest absolute Gasteiger partial charge is 0.164 e. The van der Waals surface area contributed by atoms with Gasteiger partial charge in [-0.3, -0.25) is 9.47 Å². The molecule has 3 aliphatic heterocycles. The summed E-state index contributed by atoms with van der Waals surface area (Å²) in [5.74, 6) is 6.28. The zero-order valence-electron chi connectivity index (χ0n) is 74.1. The third kappa shape index (κ3) is 14.9. The first-order valence-corrected chi connectivity index (χ1v) is 45.7. The van der Waals surface area contributed by atoms with Gasteiger partial charge < -0.3 is 9.80 Å². The number of rotatable bonds is 14. The van der Waals surface area contributed by atoms with E-state index in [1.807, 2.05) is 176 Å². The van der Waals surface area contributed by atoms with Crippen molar-refractivity contribution in [1.29, 1.82) is 0 Å². The topological polar surface area (TPSA) is 182 Å². The Labute approximate surface area is 794 Å². The molecular formula is C121H77N17. The molecule has 3 aliphatic rings. The highest BCUT2D eigenvalue weighted by Crippen LogP contribution is 2.55. The zero-order chi connectivity index (χ0) is 91.4. The van der Waals surface area contributed by atoms with Gasteiger partial charge in [-0.25, -0.2) is 64.8 Å². The summed E-state index contributed by atoms with van der Waals surface area (Å²) in [6.45, 7) is 0. The quantitative estimate of drug-likeness (QED) is 0.100. The van der Waals surface area contributed by atoms with Crippen molar-refractivity contribution >= 4 is 94.8 Å². The van der Waals surface area contributed by atoms with Gasteiger partial charge in [-0.2, -0.15) is 0 Å². The van der Waals surface area contributed by atoms with Crippen molar-refractivity contribution in [3.63, 3.8) is 0 Å². The van der Waals surface area contributed by atoms with E-state index >= 15 is 0 Å². The van der Waals surface area contributed by atoms with Crippen LogP contribution in [0.5, 0.6) is 0 Å². The molecule has 0 N–H and O–H groups in total. The number of hydrogen-bond donors (Lipinski definition) is 0. The number of fused-ring (bicyclic) bond motifs is 7. The Morgan fingerprint density at radius 2 is 0.558 bits per heavy atom. The largest absolute Gasteiger partial charge is 0.309 e. The van der Waals surface area contributed by atoms with E-state index in [0.29, 0.717) is 34.9 Å². The third-order valence-corrected chi connectivity index (χ3v) is 25.5. The van der Waals surface area contributed by atoms with E-state index in [1.165, 1.54) is 32.8 Å². The molecule has 18 aromatic carbocycles. The Kier molecular flexibility index (Phi) is 20.4. The fourth-order valence-electron chi connectivity index (χ4n) is 19.1. The van der Waals surface area contributed by atoms with Crippen LogP contribution in [-0.4, -0.2) is 69.4 Å². The minimum Gasteiger partial charge on any atom is -0.309 e. The van der Waals surface area contributed by atoms with Gasteiger partial charge in [-0.05, 0) is 190 Å². The van der Waals surface area contributed by atoms with Crippen LogP contribution in [0, 0.1) is 0 Å². The average Bonchev–Trinajstić information content (AvgIpc) is 0.882. The normalized spacial score (nSPS) is 11.9. The molecule has 0 radical (unpaired) electrons. The van der Waals surface area contributed by atoms with Gasteiger partial charge in [-0.1, -0.05) is 291 Å². The number of hydrogen-bond acceptors (Lipinski definition) is 16. The summed E-state index contributed by atoms with van der Waals surface area (Å²) in [6, 6.07) is 152. The van der Waals surface area contributed by atoms with E-state index in [1.54, 1.807) is 12.7 Å². The fraction of sp³-hybridized carbons (Fsp3) is 0. The van der Waals surface area contributed by atoms with Gasteiger partial charge in [0.25, 0.3) is 0 Å². The molecule has 9 heterocycles. The highest BCUT2D eigenvalue weighted by Gasteiger charge is 2.33. The Bertz CT molecular complexity index is 8270. The van der Waals surface area contributed by atoms with Crippen LogP contribution >= 0.6 is 0 Å². The summed E-state index contributed by atoms with van der Waals surface area (Å²) >= 11 is 0. The molecule has 17 heteroatoms. The molecule has 0 fully saturated rings. The Morgan fingerprint density at radius 1 is 0.188 bits per heavy atom. The van der Waals surface area contributed by atoms with Gasteiger partial charge in [0, 0.05) is 101 Å². The first kappa shape index (κ1) is 80.9. The summed E-state index contributed by atoms with van der Waals surface area (Å²) in [4.78, 5) is 69.9. The highest BCUT2D eigenvalue weighted by molar-refractivity contribution is 6.17. The van der Waals surface area contributed by atoms with E-state index in [0.717, 1.165) is 180 Å². The molecule has 17 nitrogen and oxygen atoms in total. The minimum absolute atomic E-state index is 0.617. The van der Waals surface area contributed by atoms with Crippen molar-refractivity contribution in [2.24, 2.45) is 0 Å². The van der Waals surface area contributed by atoms with Crippen LogP contribution in [0.1, 0.15) is 0 Å². The standard InChI is InChI=1S/2C41H26N6.C39H25N5/c1-4-11-27(12-5-1)32-23-31-17-10-18-36-37(31)34(24-32)35-25-42-26-43-41(35)47(36)33-21-19-30(20-22-33)40-45-38(28-13-6-2-7-14-28)44-39(46-40)29-15-8-3-9-16-29;1-4-11-27(12-5-1)32-23-31-17-10-18-35-37(31)34(24-32)38-36(25-42-26-43-38)47(35)33-21-19-30(20-22-33)41-45-39(28-13-6-2-7-14-28)44-40(46-41)29-15-8-3-9-16-29;1-3-12-26(13-4-1)38-40-32-18-11-21-35-36(32)37(42-38)30-16-7-9-19-33(30)43(35)29-24-22-27(23-25-29)39-41-31-17-8-10-20-34(31)44(39)28-14-5-2-6-15-28/h2*1-26H;1-25H. The van der Waals surface area contributed by atoms with Crippen LogP contribution in [0.15, 0.2) is 468 Å². The maximum atomic E-state index is 5.14. The lowest BCUT2D eigenvalue weighted by Gasteiger charge is -2.33. The van der Waals surface area contributed by atoms with Crippen molar-refractivity contribution in [2.75, 3.05) is 14.7 Å². The van der Waals surface area contributed by atoms with Gasteiger partial charge in [0.2, 0.25) is 0 Å². The lowest BCUT2D eigenvalue weighted by atomic mass is 9.90. The van der Waals surface area contributed by atoms with Crippen LogP contribution in [0.4, 0.5) is 51.3 Å². The third-order valence-electron chi connectivity index (χ3n) is 25.5. The predicted molar refractivity (Wildman–Crippen MR) is 555 cm³/mol. The number of benzene rings is 18. The maximum Gasteiger partial charge on any atom is 0.164 e. The number of aromatic nitrogens is 14. The molecule has 6 aromatic heterocycles. The molecule has 0 saturated carbocycles. The van der Waals surface area contributed by atoms with Gasteiger partial charge in [-0.15, -0.1) is 0 Å². The number of para-hydroxylation sites is 4. The molecule has 0 unspecified atom stereocenters. The number of anilines is 9. The Morgan fingerprint density at radius 3 is 1.07 bits per heavy atom. The van der Waals surface area contributed by atoms with Crippen LogP contribution in [0.2, 0.25) is 0 Å². The second-order valence-corrected chi connectivity index (χ2v) is 33.8. The van der Waals surface area contributed by atoms with Gasteiger partial charge in [0.1, 0.15) is 24.3 Å². The molecule has 24 aromatic rings. The Hall–Kier alpha value is -19.1. The zero-order valence-corrected chi connectivity index (χ0v) is 74.1. The monoisotopic (exact) mass is 1770 g/mol. The molecule has 0 bridgehead atoms. The lowest BCUT2D eigenvalue weighted by Crippen LogP contribution is -2.16. The summed E-state index contributed by atoms with van der Waals surface area (Å²) in [6.07, 6.45) is 7.07. The van der Waals surface area contributed by atoms with Crippen molar-refractivity contribution in [1.82, 2.24) is 69.4 Å². The Balaban J connectivity index is 0.000000110. The molecule has 27 rings (SSSR count). The summed E-state index contributed by atoms with van der Waals surface area (Å²) in [5.41, 5.74) is 30.9. The van der Waals surface area contributed by atoms with E-state index < -0.39 is 0 Å². The van der Waals surface area contributed by atoms with E-state index in [2.05, 4.69) is 308 Å². The van der Waals surface area contributed by atoms with Gasteiger partial charge in [0.15, 0.2) is 40.8 Å². The molecule has 646 valence electrons. The SMILES string of the molecule is c1ccc(-c2cc3c4c(cccc4c2)N(c2ccc(-c4nc(-c5ccccc5)nc(-c5ccccc5)n4)cc2)c2cncnc2-3)cc1.c1ccc(-c2cc3c4c(cccc4c2)N(c2ccc(-c4nc(-c5ccccc5)nc(-c5ccccc5)n4)cc2)c2ncncc2-3)cc1.c1ccc(-c2nc3c4c(cccc4n2)N(c2ccc(-c4nc5ccccc5n4-c4ccccc4)cc2)c2ccccc2-3)cc1. The fourth-order valence-corrected chi connectivity index (χ4v) is 19.1. The van der Waals surface area contributed by atoms with Crippen molar-refractivity contribution < 1.29 is 0 Å². The van der Waals surface area contributed by atoms with Crippen molar-refractivity contribution in [2.45, 2.75) is 0 Å². The second-order valence-electron chi connectivity index (χ2n) is 33.8. The maximum absolute atomic E-state index is 5.14. The predicted octanol–water partition coefficient (Wildman–Crippen LogP) is 29.6. The molecule has 0 atom stereocenters. The molecule has 0 amide bonds. The second kappa shape index (κ2) is 34.9. The van der Waals surface area contributed by atoms with Crippen LogP contribution in [0.3, 0.4) is 0 Å².